The summed E-state index contributed by atoms with van der Waals surface area (Å²) in [4.78, 5) is 19.3. The predicted molar refractivity (Wildman–Crippen MR) is 79.6 cm³/mol. The number of nitrogen functional groups attached to an aromatic ring is 1. The summed E-state index contributed by atoms with van der Waals surface area (Å²) >= 11 is 1.36. The average Bonchev–Trinajstić information content (AvgIpc) is 2.94. The summed E-state index contributed by atoms with van der Waals surface area (Å²) in [5.74, 6) is 0.385. The normalized spacial score (nSPS) is 19.2. The third-order valence-corrected chi connectivity index (χ3v) is 4.36. The van der Waals surface area contributed by atoms with Gasteiger partial charge in [-0.3, -0.25) is 4.79 Å². The first-order valence-electron chi connectivity index (χ1n) is 6.86. The van der Waals surface area contributed by atoms with Gasteiger partial charge in [-0.2, -0.15) is 0 Å². The van der Waals surface area contributed by atoms with E-state index in [2.05, 4.69) is 17.2 Å². The molecule has 19 heavy (non-hydrogen) atoms. The van der Waals surface area contributed by atoms with Crippen LogP contribution in [0.2, 0.25) is 0 Å². The monoisotopic (exact) mass is 282 g/mol. The van der Waals surface area contributed by atoms with E-state index in [-0.39, 0.29) is 11.9 Å². The number of likely N-dealkylation sites (tertiary alicyclic amines) is 1. The minimum atomic E-state index is 0.0381. The number of carbonyl (C=O) groups excluding carboxylic acids is 1. The summed E-state index contributed by atoms with van der Waals surface area (Å²) < 4.78 is 0. The summed E-state index contributed by atoms with van der Waals surface area (Å²) in [5, 5.41) is 3.92. The number of nitrogens with zero attached hydrogens (tertiary/aromatic N) is 2. The molecule has 0 radical (unpaired) electrons. The first-order valence-corrected chi connectivity index (χ1v) is 7.68. The van der Waals surface area contributed by atoms with E-state index in [0.717, 1.165) is 30.9 Å². The molecule has 3 N–H and O–H groups in total. The van der Waals surface area contributed by atoms with Crippen molar-refractivity contribution in [2.75, 3.05) is 17.6 Å². The molecular formula is C13H22N4OS. The SMILES string of the molecule is CCC1CCCN1C(=O)c1sc(NC(C)C)nc1N. The van der Waals surface area contributed by atoms with Crippen LogP contribution in [0.4, 0.5) is 10.9 Å². The van der Waals surface area contributed by atoms with Crippen molar-refractivity contribution < 1.29 is 4.79 Å². The molecular weight excluding hydrogens is 260 g/mol. The highest BCUT2D eigenvalue weighted by molar-refractivity contribution is 7.18. The zero-order valence-corrected chi connectivity index (χ0v) is 12.6. The van der Waals surface area contributed by atoms with Crippen molar-refractivity contribution in [2.45, 2.75) is 52.1 Å². The third kappa shape index (κ3) is 3.00. The predicted octanol–water partition coefficient (Wildman–Crippen LogP) is 2.56. The van der Waals surface area contributed by atoms with Crippen LogP contribution < -0.4 is 11.1 Å². The lowest BCUT2D eigenvalue weighted by Gasteiger charge is -2.22. The second-order valence-corrected chi connectivity index (χ2v) is 6.23. The van der Waals surface area contributed by atoms with Crippen LogP contribution in [0.1, 0.15) is 49.7 Å². The molecule has 0 spiro atoms. The molecule has 5 nitrogen and oxygen atoms in total. The minimum Gasteiger partial charge on any atom is -0.382 e. The molecule has 1 unspecified atom stereocenters. The number of amides is 1. The lowest BCUT2D eigenvalue weighted by atomic mass is 10.2. The van der Waals surface area contributed by atoms with E-state index in [1.807, 2.05) is 18.7 Å². The van der Waals surface area contributed by atoms with Crippen LogP contribution >= 0.6 is 11.3 Å². The van der Waals surface area contributed by atoms with Crippen molar-refractivity contribution in [2.24, 2.45) is 0 Å². The number of nitrogens with one attached hydrogen (secondary N) is 1. The zero-order chi connectivity index (χ0) is 14.0. The molecule has 1 saturated heterocycles. The molecule has 6 heteroatoms. The van der Waals surface area contributed by atoms with Gasteiger partial charge in [-0.25, -0.2) is 4.98 Å². The number of aromatic nitrogens is 1. The van der Waals surface area contributed by atoms with E-state index in [4.69, 9.17) is 5.73 Å². The topological polar surface area (TPSA) is 71.2 Å². The van der Waals surface area contributed by atoms with Gasteiger partial charge in [0, 0.05) is 18.6 Å². The Bertz CT molecular complexity index is 457. The maximum atomic E-state index is 12.5. The molecule has 0 aromatic carbocycles. The molecule has 1 atom stereocenters. The Morgan fingerprint density at radius 2 is 2.37 bits per heavy atom. The summed E-state index contributed by atoms with van der Waals surface area (Å²) in [6.07, 6.45) is 3.18. The number of hydrogen-bond acceptors (Lipinski definition) is 5. The molecule has 1 amide bonds. The van der Waals surface area contributed by atoms with Gasteiger partial charge in [-0.1, -0.05) is 18.3 Å². The Labute approximate surface area is 118 Å². The van der Waals surface area contributed by atoms with Gasteiger partial charge in [-0.15, -0.1) is 0 Å². The maximum absolute atomic E-state index is 12.5. The highest BCUT2D eigenvalue weighted by Gasteiger charge is 2.30. The molecule has 106 valence electrons. The first kappa shape index (κ1) is 14.1. The number of carbonyl (C=O) groups is 1. The number of nitrogens with two attached hydrogens (primary N) is 1. The van der Waals surface area contributed by atoms with Crippen molar-refractivity contribution in [3.63, 3.8) is 0 Å². The lowest BCUT2D eigenvalue weighted by Crippen LogP contribution is -2.34. The van der Waals surface area contributed by atoms with Gasteiger partial charge in [0.1, 0.15) is 10.7 Å². The van der Waals surface area contributed by atoms with Crippen LogP contribution in [0.3, 0.4) is 0 Å². The van der Waals surface area contributed by atoms with Crippen molar-refractivity contribution in [1.29, 1.82) is 0 Å². The Kier molecular flexibility index (Phi) is 4.29. The van der Waals surface area contributed by atoms with Crippen molar-refractivity contribution >= 4 is 28.2 Å². The van der Waals surface area contributed by atoms with Crippen LogP contribution in [0.5, 0.6) is 0 Å². The number of rotatable bonds is 4. The van der Waals surface area contributed by atoms with Gasteiger partial charge in [0.15, 0.2) is 5.13 Å². The highest BCUT2D eigenvalue weighted by Crippen LogP contribution is 2.30. The van der Waals surface area contributed by atoms with Crippen LogP contribution in [-0.4, -0.2) is 34.4 Å². The molecule has 1 aliphatic rings. The van der Waals surface area contributed by atoms with Crippen LogP contribution in [0.25, 0.3) is 0 Å². The Morgan fingerprint density at radius 3 is 3.00 bits per heavy atom. The molecule has 0 aliphatic carbocycles. The van der Waals surface area contributed by atoms with E-state index in [0.29, 0.717) is 16.7 Å². The molecule has 1 aliphatic heterocycles. The molecule has 1 fully saturated rings. The number of thiazole rings is 1. The van der Waals surface area contributed by atoms with Crippen LogP contribution in [0.15, 0.2) is 0 Å². The molecule has 0 bridgehead atoms. The Morgan fingerprint density at radius 1 is 1.63 bits per heavy atom. The van der Waals surface area contributed by atoms with Gasteiger partial charge >= 0.3 is 0 Å². The largest absolute Gasteiger partial charge is 0.382 e. The average molecular weight is 282 g/mol. The van der Waals surface area contributed by atoms with Gasteiger partial charge in [0.25, 0.3) is 5.91 Å². The first-order chi connectivity index (χ1) is 9.02. The van der Waals surface area contributed by atoms with Crippen molar-refractivity contribution in [3.05, 3.63) is 4.88 Å². The van der Waals surface area contributed by atoms with Gasteiger partial charge in [-0.05, 0) is 33.1 Å². The molecule has 2 rings (SSSR count). The summed E-state index contributed by atoms with van der Waals surface area (Å²) in [7, 11) is 0. The second-order valence-electron chi connectivity index (χ2n) is 5.24. The van der Waals surface area contributed by atoms with E-state index >= 15 is 0 Å². The summed E-state index contributed by atoms with van der Waals surface area (Å²) in [6, 6.07) is 0.638. The van der Waals surface area contributed by atoms with Crippen molar-refractivity contribution in [3.8, 4) is 0 Å². The van der Waals surface area contributed by atoms with Gasteiger partial charge < -0.3 is 16.0 Å². The Hall–Kier alpha value is -1.30. The molecule has 1 aromatic rings. The zero-order valence-electron chi connectivity index (χ0n) is 11.8. The maximum Gasteiger partial charge on any atom is 0.268 e. The lowest BCUT2D eigenvalue weighted by molar-refractivity contribution is 0.0739. The molecule has 0 saturated carbocycles. The standard InChI is InChI=1S/C13H22N4OS/c1-4-9-6-5-7-17(9)12(18)10-11(14)16-13(19-10)15-8(2)3/h8-9H,4-7,14H2,1-3H3,(H,15,16). The summed E-state index contributed by atoms with van der Waals surface area (Å²) in [5.41, 5.74) is 5.88. The fraction of sp³-hybridized carbons (Fsp3) is 0.692. The van der Waals surface area contributed by atoms with Crippen LogP contribution in [0, 0.1) is 0 Å². The fourth-order valence-electron chi connectivity index (χ4n) is 2.45. The van der Waals surface area contributed by atoms with E-state index in [1.165, 1.54) is 11.3 Å². The second kappa shape index (κ2) is 5.77. The molecule has 1 aromatic heterocycles. The van der Waals surface area contributed by atoms with Crippen molar-refractivity contribution in [1.82, 2.24) is 9.88 Å². The highest BCUT2D eigenvalue weighted by atomic mass is 32.1. The number of hydrogen-bond donors (Lipinski definition) is 2. The third-order valence-electron chi connectivity index (χ3n) is 3.37. The van der Waals surface area contributed by atoms with E-state index in [9.17, 15) is 4.79 Å². The van der Waals surface area contributed by atoms with Gasteiger partial charge in [0.2, 0.25) is 0 Å². The fourth-order valence-corrected chi connectivity index (χ4v) is 3.44. The Balaban J connectivity index is 2.17. The summed E-state index contributed by atoms with van der Waals surface area (Å²) in [6.45, 7) is 7.03. The molecule has 2 heterocycles. The quantitative estimate of drug-likeness (QED) is 0.890. The smallest absolute Gasteiger partial charge is 0.268 e. The van der Waals surface area contributed by atoms with E-state index in [1.54, 1.807) is 0 Å². The minimum absolute atomic E-state index is 0.0381. The van der Waals surface area contributed by atoms with Crippen LogP contribution in [-0.2, 0) is 0 Å². The number of anilines is 2. The van der Waals surface area contributed by atoms with E-state index < -0.39 is 0 Å². The van der Waals surface area contributed by atoms with Gasteiger partial charge in [0.05, 0.1) is 0 Å².